The molecule has 5 nitrogen and oxygen atoms in total. The average Bonchev–Trinajstić information content (AvgIpc) is 2.47. The Hall–Kier alpha value is -0.950. The van der Waals surface area contributed by atoms with Gasteiger partial charge in [-0.1, -0.05) is 17.7 Å². The van der Waals surface area contributed by atoms with Crippen molar-refractivity contribution in [2.24, 2.45) is 17.8 Å². The van der Waals surface area contributed by atoms with Gasteiger partial charge in [0.1, 0.15) is 0 Å². The van der Waals surface area contributed by atoms with Crippen molar-refractivity contribution >= 4 is 10.0 Å². The van der Waals surface area contributed by atoms with Gasteiger partial charge in [0.15, 0.2) is 0 Å². The van der Waals surface area contributed by atoms with Crippen molar-refractivity contribution in [3.63, 3.8) is 0 Å². The number of aliphatic hydroxyl groups excluding tert-OH is 2. The second kappa shape index (κ2) is 5.92. The van der Waals surface area contributed by atoms with Crippen LogP contribution in [-0.4, -0.2) is 48.7 Å². The van der Waals surface area contributed by atoms with Gasteiger partial charge in [-0.3, -0.25) is 0 Å². The maximum absolute atomic E-state index is 12.8. The first-order valence-electron chi connectivity index (χ1n) is 7.77. The first-order chi connectivity index (χ1) is 10.4. The molecule has 1 saturated heterocycles. The first kappa shape index (κ1) is 15.9. The number of hydrogen-bond donors (Lipinski definition) is 2. The van der Waals surface area contributed by atoms with E-state index in [1.54, 1.807) is 24.3 Å². The van der Waals surface area contributed by atoms with E-state index in [-0.39, 0.29) is 24.4 Å². The normalized spacial score (nSPS) is 32.9. The summed E-state index contributed by atoms with van der Waals surface area (Å²) in [5.74, 6) is 0.0253. The van der Waals surface area contributed by atoms with Crippen molar-refractivity contribution in [2.45, 2.75) is 30.8 Å². The van der Waals surface area contributed by atoms with E-state index in [9.17, 15) is 18.6 Å². The van der Waals surface area contributed by atoms with Crippen LogP contribution in [0.4, 0.5) is 0 Å². The van der Waals surface area contributed by atoms with Gasteiger partial charge in [-0.15, -0.1) is 0 Å². The number of rotatable bonds is 3. The smallest absolute Gasteiger partial charge is 0.243 e. The number of sulfonamides is 1. The van der Waals surface area contributed by atoms with Crippen LogP contribution in [0.3, 0.4) is 0 Å². The molecule has 0 radical (unpaired) electrons. The molecule has 2 atom stereocenters. The zero-order valence-corrected chi connectivity index (χ0v) is 13.5. The van der Waals surface area contributed by atoms with Gasteiger partial charge < -0.3 is 10.2 Å². The monoisotopic (exact) mass is 325 g/mol. The lowest BCUT2D eigenvalue weighted by molar-refractivity contribution is -0.0537. The van der Waals surface area contributed by atoms with Crippen LogP contribution in [0, 0.1) is 24.7 Å². The zero-order valence-electron chi connectivity index (χ0n) is 12.7. The highest BCUT2D eigenvalue weighted by molar-refractivity contribution is 7.89. The summed E-state index contributed by atoms with van der Waals surface area (Å²) in [7, 11) is -3.51. The number of aryl methyl sites for hydroxylation is 1. The van der Waals surface area contributed by atoms with Gasteiger partial charge in [0.25, 0.3) is 0 Å². The average molecular weight is 325 g/mol. The van der Waals surface area contributed by atoms with E-state index >= 15 is 0 Å². The van der Waals surface area contributed by atoms with Crippen LogP contribution < -0.4 is 0 Å². The summed E-state index contributed by atoms with van der Waals surface area (Å²) in [6.07, 6.45) is 0.926. The van der Waals surface area contributed by atoms with Crippen molar-refractivity contribution in [3.8, 4) is 0 Å². The van der Waals surface area contributed by atoms with Gasteiger partial charge in [-0.2, -0.15) is 4.31 Å². The van der Waals surface area contributed by atoms with Crippen molar-refractivity contribution in [1.82, 2.24) is 4.31 Å². The van der Waals surface area contributed by atoms with E-state index < -0.39 is 16.1 Å². The fourth-order valence-electron chi connectivity index (χ4n) is 3.78. The SMILES string of the molecule is Cc1ccc(S(=O)(=O)N2CC3CC(CO)CC(C2)C3O)cc1. The summed E-state index contributed by atoms with van der Waals surface area (Å²) in [6, 6.07) is 6.88. The van der Waals surface area contributed by atoms with Crippen molar-refractivity contribution in [2.75, 3.05) is 19.7 Å². The van der Waals surface area contributed by atoms with E-state index in [4.69, 9.17) is 0 Å². The number of fused-ring (bicyclic) bond motifs is 2. The Morgan fingerprint density at radius 1 is 1.14 bits per heavy atom. The van der Waals surface area contributed by atoms with E-state index in [0.717, 1.165) is 5.56 Å². The van der Waals surface area contributed by atoms with Gasteiger partial charge in [0.2, 0.25) is 10.0 Å². The Bertz CT molecular complexity index is 612. The molecule has 22 heavy (non-hydrogen) atoms. The largest absolute Gasteiger partial charge is 0.396 e. The summed E-state index contributed by atoms with van der Waals surface area (Å²) >= 11 is 0. The van der Waals surface area contributed by atoms with Crippen LogP contribution in [0.2, 0.25) is 0 Å². The minimum Gasteiger partial charge on any atom is -0.396 e. The quantitative estimate of drug-likeness (QED) is 0.869. The van der Waals surface area contributed by atoms with Gasteiger partial charge in [-0.25, -0.2) is 8.42 Å². The molecule has 1 aromatic carbocycles. The number of nitrogens with zero attached hydrogens (tertiary/aromatic N) is 1. The zero-order chi connectivity index (χ0) is 15.9. The summed E-state index contributed by atoms with van der Waals surface area (Å²) in [4.78, 5) is 0.311. The van der Waals surface area contributed by atoms with Gasteiger partial charge in [0.05, 0.1) is 11.0 Å². The van der Waals surface area contributed by atoms with Gasteiger partial charge >= 0.3 is 0 Å². The molecular formula is C16H23NO4S. The fourth-order valence-corrected chi connectivity index (χ4v) is 5.34. The maximum Gasteiger partial charge on any atom is 0.243 e. The lowest BCUT2D eigenvalue weighted by atomic mass is 9.71. The molecule has 0 amide bonds. The minimum absolute atomic E-state index is 0.0788. The summed E-state index contributed by atoms with van der Waals surface area (Å²) in [5.41, 5.74) is 1.02. The Morgan fingerprint density at radius 2 is 1.68 bits per heavy atom. The predicted octanol–water partition coefficient (Wildman–Crippen LogP) is 0.995. The van der Waals surface area contributed by atoms with Crippen LogP contribution in [-0.2, 0) is 10.0 Å². The third-order valence-corrected chi connectivity index (χ3v) is 6.88. The molecule has 3 rings (SSSR count). The molecule has 1 aromatic rings. The van der Waals surface area contributed by atoms with Crippen molar-refractivity contribution in [3.05, 3.63) is 29.8 Å². The molecule has 122 valence electrons. The fraction of sp³-hybridized carbons (Fsp3) is 0.625. The molecular weight excluding hydrogens is 302 g/mol. The number of piperidine rings is 1. The molecule has 0 spiro atoms. The molecule has 2 unspecified atom stereocenters. The Balaban J connectivity index is 1.83. The minimum atomic E-state index is -3.51. The van der Waals surface area contributed by atoms with Crippen LogP contribution in [0.1, 0.15) is 18.4 Å². The topological polar surface area (TPSA) is 77.8 Å². The molecule has 1 saturated carbocycles. The molecule has 2 fully saturated rings. The van der Waals surface area contributed by atoms with Crippen molar-refractivity contribution < 1.29 is 18.6 Å². The van der Waals surface area contributed by atoms with E-state index in [1.807, 2.05) is 6.92 Å². The first-order valence-corrected chi connectivity index (χ1v) is 9.21. The van der Waals surface area contributed by atoms with Gasteiger partial charge in [-0.05, 0) is 49.7 Å². The van der Waals surface area contributed by atoms with Crippen LogP contribution in [0.15, 0.2) is 29.2 Å². The Morgan fingerprint density at radius 3 is 2.18 bits per heavy atom. The summed E-state index contributed by atoms with van der Waals surface area (Å²) in [6.45, 7) is 2.71. The molecule has 1 aliphatic carbocycles. The summed E-state index contributed by atoms with van der Waals surface area (Å²) in [5, 5.41) is 19.6. The Labute approximate surface area is 131 Å². The highest BCUT2D eigenvalue weighted by Crippen LogP contribution is 2.39. The highest BCUT2D eigenvalue weighted by Gasteiger charge is 2.45. The standard InChI is InChI=1S/C16H23NO4S/c1-11-2-4-15(5-3-11)22(20,21)17-8-13-6-12(10-18)7-14(9-17)16(13)19/h2-5,12-14,16,18-19H,6-10H2,1H3. The lowest BCUT2D eigenvalue weighted by Crippen LogP contribution is -2.55. The molecule has 6 heteroatoms. The second-order valence-electron chi connectivity index (χ2n) is 6.67. The molecule has 2 N–H and O–H groups in total. The summed E-state index contributed by atoms with van der Waals surface area (Å²) < 4.78 is 27.1. The second-order valence-corrected chi connectivity index (χ2v) is 8.60. The number of aliphatic hydroxyl groups is 2. The number of benzene rings is 1. The molecule has 1 heterocycles. The van der Waals surface area contributed by atoms with Crippen LogP contribution in [0.5, 0.6) is 0 Å². The lowest BCUT2D eigenvalue weighted by Gasteiger charge is -2.46. The molecule has 2 bridgehead atoms. The van der Waals surface area contributed by atoms with E-state index in [1.165, 1.54) is 4.31 Å². The molecule has 0 aromatic heterocycles. The Kier molecular flexibility index (Phi) is 4.29. The number of hydrogen-bond acceptors (Lipinski definition) is 4. The van der Waals surface area contributed by atoms with Gasteiger partial charge in [0, 0.05) is 19.7 Å². The third kappa shape index (κ3) is 2.80. The molecule has 2 aliphatic rings. The van der Waals surface area contributed by atoms with Crippen molar-refractivity contribution in [1.29, 1.82) is 0 Å². The van der Waals surface area contributed by atoms with E-state index in [0.29, 0.717) is 30.8 Å². The third-order valence-electron chi connectivity index (χ3n) is 5.03. The predicted molar refractivity (Wildman–Crippen MR) is 82.7 cm³/mol. The maximum atomic E-state index is 12.8. The highest BCUT2D eigenvalue weighted by atomic mass is 32.2. The van der Waals surface area contributed by atoms with Crippen LogP contribution in [0.25, 0.3) is 0 Å². The van der Waals surface area contributed by atoms with Crippen LogP contribution >= 0.6 is 0 Å². The molecule has 1 aliphatic heterocycles. The van der Waals surface area contributed by atoms with E-state index in [2.05, 4.69) is 0 Å².